The predicted molar refractivity (Wildman–Crippen MR) is 92.6 cm³/mol. The first kappa shape index (κ1) is 20.4. The van der Waals surface area contributed by atoms with Crippen molar-refractivity contribution in [3.8, 4) is 5.69 Å². The fourth-order valence-electron chi connectivity index (χ4n) is 3.40. The summed E-state index contributed by atoms with van der Waals surface area (Å²) in [6.07, 6.45) is -7.84. The van der Waals surface area contributed by atoms with Gasteiger partial charge in [0.05, 0.1) is 17.7 Å². The van der Waals surface area contributed by atoms with Gasteiger partial charge in [0.2, 0.25) is 6.33 Å². The molecule has 30 heavy (non-hydrogen) atoms. The van der Waals surface area contributed by atoms with E-state index in [1.807, 2.05) is 30.3 Å². The van der Waals surface area contributed by atoms with E-state index in [4.69, 9.17) is 4.74 Å². The first-order valence-electron chi connectivity index (χ1n) is 9.02. The number of nitrogens with zero attached hydrogens (tertiary/aromatic N) is 3. The minimum Gasteiger partial charge on any atom is -0.367 e. The van der Waals surface area contributed by atoms with Crippen molar-refractivity contribution in [2.24, 2.45) is 0 Å². The number of fused-ring (bicyclic) bond motifs is 1. The highest BCUT2D eigenvalue weighted by Crippen LogP contribution is 2.37. The molecule has 0 N–H and O–H groups in total. The summed E-state index contributed by atoms with van der Waals surface area (Å²) in [4.78, 5) is 0. The highest BCUT2D eigenvalue weighted by atomic mass is 19.4. The van der Waals surface area contributed by atoms with Gasteiger partial charge in [-0.3, -0.25) is 0 Å². The maximum atomic E-state index is 13.2. The molecule has 1 aromatic heterocycles. The van der Waals surface area contributed by atoms with Crippen LogP contribution >= 0.6 is 0 Å². The normalized spacial score (nSPS) is 17.1. The van der Waals surface area contributed by atoms with Gasteiger partial charge in [0.25, 0.3) is 0 Å². The van der Waals surface area contributed by atoms with E-state index in [0.717, 1.165) is 10.2 Å². The number of rotatable bonds is 3. The van der Waals surface area contributed by atoms with Crippen molar-refractivity contribution in [1.82, 2.24) is 9.78 Å². The average molecular weight is 428 g/mol. The molecule has 3 aromatic rings. The molecule has 0 saturated carbocycles. The van der Waals surface area contributed by atoms with Crippen LogP contribution in [0.1, 0.15) is 28.6 Å². The van der Waals surface area contributed by atoms with Crippen molar-refractivity contribution in [1.29, 1.82) is 0 Å². The SMILES string of the molecule is FC(F)(F)c1cc(-n2c[n+]3c(n2)COC[C@@H]3Cc2ccccc2)cc(C(F)(F)F)c1. The molecule has 4 rings (SSSR count). The number of halogens is 6. The first-order valence-corrected chi connectivity index (χ1v) is 9.02. The second kappa shape index (κ2) is 7.42. The number of aromatic nitrogens is 3. The fraction of sp³-hybridized carbons (Fsp3) is 0.300. The molecule has 158 valence electrons. The summed E-state index contributed by atoms with van der Waals surface area (Å²) >= 11 is 0. The zero-order valence-corrected chi connectivity index (χ0v) is 15.4. The van der Waals surface area contributed by atoms with Gasteiger partial charge in [-0.2, -0.15) is 26.3 Å². The Labute approximate surface area is 167 Å². The van der Waals surface area contributed by atoms with Crippen molar-refractivity contribution in [2.75, 3.05) is 6.61 Å². The fourth-order valence-corrected chi connectivity index (χ4v) is 3.40. The monoisotopic (exact) mass is 428 g/mol. The quantitative estimate of drug-likeness (QED) is 0.454. The Bertz CT molecular complexity index is 1010. The van der Waals surface area contributed by atoms with Gasteiger partial charge >= 0.3 is 18.2 Å². The highest BCUT2D eigenvalue weighted by Gasteiger charge is 2.38. The van der Waals surface area contributed by atoms with Crippen molar-refractivity contribution in [2.45, 2.75) is 31.4 Å². The van der Waals surface area contributed by atoms with Crippen LogP contribution in [0.25, 0.3) is 5.69 Å². The van der Waals surface area contributed by atoms with Crippen molar-refractivity contribution < 1.29 is 35.6 Å². The number of benzene rings is 2. The van der Waals surface area contributed by atoms with E-state index in [1.54, 1.807) is 4.57 Å². The van der Waals surface area contributed by atoms with Gasteiger partial charge < -0.3 is 4.74 Å². The van der Waals surface area contributed by atoms with E-state index < -0.39 is 23.5 Å². The molecular formula is C20H16F6N3O+. The van der Waals surface area contributed by atoms with E-state index in [2.05, 4.69) is 5.10 Å². The van der Waals surface area contributed by atoms with Crippen LogP contribution < -0.4 is 4.57 Å². The van der Waals surface area contributed by atoms with E-state index in [0.29, 0.717) is 31.0 Å². The largest absolute Gasteiger partial charge is 0.416 e. The van der Waals surface area contributed by atoms with Gasteiger partial charge in [0, 0.05) is 11.5 Å². The Morgan fingerprint density at radius 3 is 2.20 bits per heavy atom. The smallest absolute Gasteiger partial charge is 0.367 e. The Morgan fingerprint density at radius 1 is 0.967 bits per heavy atom. The van der Waals surface area contributed by atoms with Crippen LogP contribution in [0.15, 0.2) is 54.9 Å². The van der Waals surface area contributed by atoms with Crippen molar-refractivity contribution in [3.63, 3.8) is 0 Å². The number of hydrogen-bond donors (Lipinski definition) is 0. The van der Waals surface area contributed by atoms with Gasteiger partial charge in [0.15, 0.2) is 0 Å². The minimum absolute atomic E-state index is 0.0986. The molecule has 1 atom stereocenters. The molecule has 0 unspecified atom stereocenters. The summed E-state index contributed by atoms with van der Waals surface area (Å²) < 4.78 is 87.3. The summed E-state index contributed by atoms with van der Waals surface area (Å²) in [5, 5.41) is 4.18. The van der Waals surface area contributed by atoms with Crippen molar-refractivity contribution >= 4 is 0 Å². The highest BCUT2D eigenvalue weighted by molar-refractivity contribution is 5.41. The van der Waals surface area contributed by atoms with Gasteiger partial charge in [-0.1, -0.05) is 35.0 Å². The van der Waals surface area contributed by atoms with E-state index in [1.165, 1.54) is 6.33 Å². The third-order valence-corrected chi connectivity index (χ3v) is 4.84. The maximum absolute atomic E-state index is 13.2. The second-order valence-electron chi connectivity index (χ2n) is 7.01. The molecule has 0 aliphatic carbocycles. The van der Waals surface area contributed by atoms with Crippen LogP contribution in [0, 0.1) is 0 Å². The maximum Gasteiger partial charge on any atom is 0.416 e. The Morgan fingerprint density at radius 2 is 1.60 bits per heavy atom. The Hall–Kier alpha value is -2.88. The molecule has 2 heterocycles. The van der Waals surface area contributed by atoms with Crippen LogP contribution in [-0.4, -0.2) is 16.4 Å². The summed E-state index contributed by atoms with van der Waals surface area (Å²) in [6, 6.07) is 10.7. The molecule has 4 nitrogen and oxygen atoms in total. The number of alkyl halides is 6. The molecule has 2 aromatic carbocycles. The predicted octanol–water partition coefficient (Wildman–Crippen LogP) is 4.51. The average Bonchev–Trinajstić information content (AvgIpc) is 3.13. The molecule has 1 aliphatic heterocycles. The molecule has 0 fully saturated rings. The third kappa shape index (κ3) is 4.18. The molecule has 0 amide bonds. The van der Waals surface area contributed by atoms with Gasteiger partial charge in [-0.15, -0.1) is 0 Å². The summed E-state index contributed by atoms with van der Waals surface area (Å²) in [6.45, 7) is 0.470. The lowest BCUT2D eigenvalue weighted by Gasteiger charge is -2.19. The lowest BCUT2D eigenvalue weighted by molar-refractivity contribution is -0.742. The van der Waals surface area contributed by atoms with Crippen LogP contribution in [0.5, 0.6) is 0 Å². The number of hydrogen-bond acceptors (Lipinski definition) is 2. The molecule has 10 heteroatoms. The molecular weight excluding hydrogens is 412 g/mol. The van der Waals surface area contributed by atoms with Crippen LogP contribution in [0.2, 0.25) is 0 Å². The zero-order chi connectivity index (χ0) is 21.5. The van der Waals surface area contributed by atoms with Crippen molar-refractivity contribution in [3.05, 3.63) is 77.4 Å². The van der Waals surface area contributed by atoms with Gasteiger partial charge in [-0.25, -0.2) is 4.57 Å². The molecule has 1 aliphatic rings. The number of ether oxygens (including phenoxy) is 1. The van der Waals surface area contributed by atoms with Crippen LogP contribution in [0.3, 0.4) is 0 Å². The Balaban J connectivity index is 1.74. The zero-order valence-electron chi connectivity index (χ0n) is 15.4. The van der Waals surface area contributed by atoms with Gasteiger partial charge in [0.1, 0.15) is 18.3 Å². The first-order chi connectivity index (χ1) is 14.1. The molecule has 0 saturated heterocycles. The van der Waals surface area contributed by atoms with Crippen LogP contribution in [0.4, 0.5) is 26.3 Å². The van der Waals surface area contributed by atoms with Crippen LogP contribution in [-0.2, 0) is 30.1 Å². The summed E-state index contributed by atoms with van der Waals surface area (Å²) in [7, 11) is 0. The standard InChI is InChI=1S/C20H16F6N3O/c21-19(22,23)14-7-15(20(24,25)26)9-16(8-14)29-12-28-17(10-30-11-18(28)27-29)6-13-4-2-1-3-5-13/h1-5,7-9,12,17H,6,10-11H2/q+1/t17-/m0/s1. The topological polar surface area (TPSA) is 30.9 Å². The lowest BCUT2D eigenvalue weighted by atomic mass is 10.1. The Kier molecular flexibility index (Phi) is 5.05. The molecule has 0 bridgehead atoms. The second-order valence-corrected chi connectivity index (χ2v) is 7.01. The summed E-state index contributed by atoms with van der Waals surface area (Å²) in [5.74, 6) is 0.424. The molecule has 0 radical (unpaired) electrons. The summed E-state index contributed by atoms with van der Waals surface area (Å²) in [5.41, 5.74) is -2.07. The van der Waals surface area contributed by atoms with Gasteiger partial charge in [-0.05, 0) is 23.8 Å². The van der Waals surface area contributed by atoms with E-state index >= 15 is 0 Å². The lowest BCUT2D eigenvalue weighted by Crippen LogP contribution is -2.48. The van der Waals surface area contributed by atoms with E-state index in [9.17, 15) is 26.3 Å². The van der Waals surface area contributed by atoms with E-state index in [-0.39, 0.29) is 24.4 Å². The molecule has 0 spiro atoms. The minimum atomic E-state index is -4.92. The third-order valence-electron chi connectivity index (χ3n) is 4.84.